The molecule has 0 amide bonds. The lowest BCUT2D eigenvalue weighted by Crippen LogP contribution is -2.24. The van der Waals surface area contributed by atoms with Crippen molar-refractivity contribution >= 4 is 12.1 Å². The molecule has 88 valence electrons. The normalized spacial score (nSPS) is 10.5. The fraction of sp³-hybridized carbons (Fsp3) is 0.500. The molecule has 0 aliphatic carbocycles. The summed E-state index contributed by atoms with van der Waals surface area (Å²) in [6.07, 6.45) is 3.62. The van der Waals surface area contributed by atoms with E-state index < -0.39 is 0 Å². The third-order valence-corrected chi connectivity index (χ3v) is 2.40. The zero-order valence-electron chi connectivity index (χ0n) is 10.2. The van der Waals surface area contributed by atoms with Crippen molar-refractivity contribution in [3.8, 4) is 0 Å². The molecule has 0 N–H and O–H groups in total. The number of hydrogen-bond acceptors (Lipinski definition) is 4. The first kappa shape index (κ1) is 12.6. The van der Waals surface area contributed by atoms with E-state index >= 15 is 0 Å². The minimum Gasteiger partial charge on any atom is -0.359 e. The van der Waals surface area contributed by atoms with Crippen LogP contribution in [0.15, 0.2) is 18.3 Å². The zero-order chi connectivity index (χ0) is 12.0. The van der Waals surface area contributed by atoms with Crippen molar-refractivity contribution in [2.75, 3.05) is 39.1 Å². The Balaban J connectivity index is 2.58. The Morgan fingerprint density at radius 1 is 1.31 bits per heavy atom. The fourth-order valence-corrected chi connectivity index (χ4v) is 1.55. The maximum atomic E-state index is 10.8. The molecule has 0 fully saturated rings. The van der Waals surface area contributed by atoms with Crippen molar-refractivity contribution in [1.82, 2.24) is 9.88 Å². The standard InChI is InChI=1S/C12H19N3O/c1-14(2)8-5-9-15(3)12-11(10-16)6-4-7-13-12/h4,6-7,10H,5,8-9H2,1-3H3. The number of aromatic nitrogens is 1. The smallest absolute Gasteiger partial charge is 0.153 e. The Labute approximate surface area is 96.9 Å². The highest BCUT2D eigenvalue weighted by molar-refractivity contribution is 5.82. The second kappa shape index (κ2) is 6.23. The third-order valence-electron chi connectivity index (χ3n) is 2.40. The van der Waals surface area contributed by atoms with Crippen LogP contribution < -0.4 is 4.90 Å². The first-order valence-electron chi connectivity index (χ1n) is 5.41. The molecular weight excluding hydrogens is 202 g/mol. The van der Waals surface area contributed by atoms with Gasteiger partial charge in [-0.3, -0.25) is 4.79 Å². The monoisotopic (exact) mass is 221 g/mol. The van der Waals surface area contributed by atoms with Gasteiger partial charge in [-0.1, -0.05) is 0 Å². The molecule has 16 heavy (non-hydrogen) atoms. The predicted molar refractivity (Wildman–Crippen MR) is 66.1 cm³/mol. The maximum Gasteiger partial charge on any atom is 0.153 e. The highest BCUT2D eigenvalue weighted by Gasteiger charge is 2.07. The summed E-state index contributed by atoms with van der Waals surface area (Å²) in [7, 11) is 6.07. The van der Waals surface area contributed by atoms with Crippen LogP contribution in [0.2, 0.25) is 0 Å². The number of rotatable bonds is 6. The van der Waals surface area contributed by atoms with Gasteiger partial charge >= 0.3 is 0 Å². The van der Waals surface area contributed by atoms with E-state index in [1.807, 2.05) is 11.9 Å². The second-order valence-corrected chi connectivity index (χ2v) is 4.11. The molecule has 1 heterocycles. The molecule has 0 spiro atoms. The lowest BCUT2D eigenvalue weighted by Gasteiger charge is -2.20. The first-order chi connectivity index (χ1) is 7.65. The van der Waals surface area contributed by atoms with Crippen molar-refractivity contribution in [2.24, 2.45) is 0 Å². The van der Waals surface area contributed by atoms with Crippen molar-refractivity contribution < 1.29 is 4.79 Å². The van der Waals surface area contributed by atoms with Gasteiger partial charge in [-0.05, 0) is 39.2 Å². The number of carbonyl (C=O) groups excluding carboxylic acids is 1. The summed E-state index contributed by atoms with van der Waals surface area (Å²) >= 11 is 0. The van der Waals surface area contributed by atoms with Crippen LogP contribution in [-0.2, 0) is 0 Å². The Bertz CT molecular complexity index is 339. The molecular formula is C12H19N3O. The Morgan fingerprint density at radius 3 is 2.69 bits per heavy atom. The quantitative estimate of drug-likeness (QED) is 0.678. The van der Waals surface area contributed by atoms with E-state index in [4.69, 9.17) is 0 Å². The highest BCUT2D eigenvalue weighted by Crippen LogP contribution is 2.13. The minimum absolute atomic E-state index is 0.648. The number of anilines is 1. The summed E-state index contributed by atoms with van der Waals surface area (Å²) in [5.41, 5.74) is 0.648. The van der Waals surface area contributed by atoms with Gasteiger partial charge in [-0.25, -0.2) is 4.98 Å². The summed E-state index contributed by atoms with van der Waals surface area (Å²) in [5.74, 6) is 0.760. The highest BCUT2D eigenvalue weighted by atomic mass is 16.1. The minimum atomic E-state index is 0.648. The fourth-order valence-electron chi connectivity index (χ4n) is 1.55. The van der Waals surface area contributed by atoms with Gasteiger partial charge in [0.1, 0.15) is 5.82 Å². The number of pyridine rings is 1. The van der Waals surface area contributed by atoms with E-state index in [0.717, 1.165) is 31.6 Å². The van der Waals surface area contributed by atoms with Crippen molar-refractivity contribution in [3.63, 3.8) is 0 Å². The Morgan fingerprint density at radius 2 is 2.06 bits per heavy atom. The zero-order valence-corrected chi connectivity index (χ0v) is 10.2. The van der Waals surface area contributed by atoms with E-state index in [1.165, 1.54) is 0 Å². The van der Waals surface area contributed by atoms with Crippen molar-refractivity contribution in [2.45, 2.75) is 6.42 Å². The molecule has 1 aromatic heterocycles. The SMILES string of the molecule is CN(C)CCCN(C)c1ncccc1C=O. The summed E-state index contributed by atoms with van der Waals surface area (Å²) in [5, 5.41) is 0. The van der Waals surface area contributed by atoms with E-state index in [0.29, 0.717) is 5.56 Å². The van der Waals surface area contributed by atoms with Gasteiger partial charge in [-0.2, -0.15) is 0 Å². The lowest BCUT2D eigenvalue weighted by atomic mass is 10.2. The molecule has 0 aliphatic heterocycles. The van der Waals surface area contributed by atoms with E-state index in [2.05, 4.69) is 24.0 Å². The van der Waals surface area contributed by atoms with E-state index in [-0.39, 0.29) is 0 Å². The number of aldehydes is 1. The van der Waals surface area contributed by atoms with Crippen LogP contribution in [0.5, 0.6) is 0 Å². The summed E-state index contributed by atoms with van der Waals surface area (Å²) in [4.78, 5) is 19.2. The number of carbonyl (C=O) groups is 1. The second-order valence-electron chi connectivity index (χ2n) is 4.11. The van der Waals surface area contributed by atoms with Crippen LogP contribution in [0.4, 0.5) is 5.82 Å². The van der Waals surface area contributed by atoms with Crippen LogP contribution in [0.3, 0.4) is 0 Å². The van der Waals surface area contributed by atoms with Crippen molar-refractivity contribution in [3.05, 3.63) is 23.9 Å². The van der Waals surface area contributed by atoms with Crippen LogP contribution in [0.1, 0.15) is 16.8 Å². The van der Waals surface area contributed by atoms with Gasteiger partial charge in [-0.15, -0.1) is 0 Å². The van der Waals surface area contributed by atoms with Crippen LogP contribution in [0.25, 0.3) is 0 Å². The third kappa shape index (κ3) is 3.62. The molecule has 1 aromatic rings. The van der Waals surface area contributed by atoms with E-state index in [1.54, 1.807) is 18.3 Å². The van der Waals surface area contributed by atoms with Gasteiger partial charge in [0, 0.05) is 19.8 Å². The summed E-state index contributed by atoms with van der Waals surface area (Å²) in [6, 6.07) is 3.57. The van der Waals surface area contributed by atoms with Crippen LogP contribution in [-0.4, -0.2) is 50.4 Å². The molecule has 4 nitrogen and oxygen atoms in total. The van der Waals surface area contributed by atoms with Crippen LogP contribution in [0, 0.1) is 0 Å². The molecule has 0 atom stereocenters. The van der Waals surface area contributed by atoms with Crippen LogP contribution >= 0.6 is 0 Å². The van der Waals surface area contributed by atoms with Gasteiger partial charge in [0.15, 0.2) is 6.29 Å². The number of hydrogen-bond donors (Lipinski definition) is 0. The predicted octanol–water partition coefficient (Wildman–Crippen LogP) is 1.28. The summed E-state index contributed by atoms with van der Waals surface area (Å²) in [6.45, 7) is 1.93. The Kier molecular flexibility index (Phi) is 4.92. The van der Waals surface area contributed by atoms with Gasteiger partial charge in [0.25, 0.3) is 0 Å². The van der Waals surface area contributed by atoms with Gasteiger partial charge in [0.2, 0.25) is 0 Å². The maximum absolute atomic E-state index is 10.8. The number of nitrogens with zero attached hydrogens (tertiary/aromatic N) is 3. The van der Waals surface area contributed by atoms with Crippen molar-refractivity contribution in [1.29, 1.82) is 0 Å². The average Bonchev–Trinajstić information content (AvgIpc) is 2.28. The molecule has 0 unspecified atom stereocenters. The van der Waals surface area contributed by atoms with E-state index in [9.17, 15) is 4.79 Å². The lowest BCUT2D eigenvalue weighted by molar-refractivity contribution is 0.112. The molecule has 0 saturated carbocycles. The molecule has 0 bridgehead atoms. The molecule has 0 aromatic carbocycles. The summed E-state index contributed by atoms with van der Waals surface area (Å²) < 4.78 is 0. The molecule has 0 radical (unpaired) electrons. The first-order valence-corrected chi connectivity index (χ1v) is 5.41. The molecule has 0 saturated heterocycles. The largest absolute Gasteiger partial charge is 0.359 e. The van der Waals surface area contributed by atoms with Gasteiger partial charge in [0.05, 0.1) is 5.56 Å². The Hall–Kier alpha value is -1.42. The topological polar surface area (TPSA) is 36.4 Å². The molecule has 0 aliphatic rings. The molecule has 4 heteroatoms. The molecule has 1 rings (SSSR count). The average molecular weight is 221 g/mol. The van der Waals surface area contributed by atoms with Gasteiger partial charge < -0.3 is 9.80 Å².